The summed E-state index contributed by atoms with van der Waals surface area (Å²) in [7, 11) is 1.62. The van der Waals surface area contributed by atoms with Crippen LogP contribution >= 0.6 is 0 Å². The van der Waals surface area contributed by atoms with E-state index in [0.717, 1.165) is 28.2 Å². The topological polar surface area (TPSA) is 67.9 Å². The average molecular weight is 517 g/mol. The van der Waals surface area contributed by atoms with Gasteiger partial charge in [-0.15, -0.1) is 0 Å². The van der Waals surface area contributed by atoms with Gasteiger partial charge in [0.2, 0.25) is 11.8 Å². The highest BCUT2D eigenvalue weighted by Gasteiger charge is 2.30. The van der Waals surface area contributed by atoms with Gasteiger partial charge in [-0.05, 0) is 60.2 Å². The van der Waals surface area contributed by atoms with Crippen molar-refractivity contribution in [2.45, 2.75) is 52.6 Å². The normalized spacial score (nSPS) is 11.6. The molecule has 1 N–H and O–H groups in total. The summed E-state index contributed by atoms with van der Waals surface area (Å²) in [5.41, 5.74) is 3.14. The number of ether oxygens (including phenoxy) is 2. The van der Waals surface area contributed by atoms with Crippen LogP contribution in [0.3, 0.4) is 0 Å². The molecule has 0 aliphatic rings. The van der Waals surface area contributed by atoms with Gasteiger partial charge in [0.15, 0.2) is 0 Å². The van der Waals surface area contributed by atoms with Gasteiger partial charge in [-0.1, -0.05) is 68.4 Å². The van der Waals surface area contributed by atoms with Crippen molar-refractivity contribution in [3.8, 4) is 11.5 Å². The van der Waals surface area contributed by atoms with Gasteiger partial charge < -0.3 is 19.7 Å². The smallest absolute Gasteiger partial charge is 0.243 e. The summed E-state index contributed by atoms with van der Waals surface area (Å²) in [4.78, 5) is 29.0. The van der Waals surface area contributed by atoms with Crippen LogP contribution in [0.25, 0.3) is 0 Å². The fourth-order valence-corrected chi connectivity index (χ4v) is 4.18. The van der Waals surface area contributed by atoms with Crippen molar-refractivity contribution < 1.29 is 19.1 Å². The molecule has 0 saturated heterocycles. The zero-order valence-electron chi connectivity index (χ0n) is 23.0. The molecular weight excluding hydrogens is 476 g/mol. The number of benzene rings is 3. The third kappa shape index (κ3) is 8.94. The number of aryl methyl sites for hydroxylation is 1. The summed E-state index contributed by atoms with van der Waals surface area (Å²) in [6.45, 7) is 7.49. The number of hydrogen-bond acceptors (Lipinski definition) is 4. The van der Waals surface area contributed by atoms with Crippen molar-refractivity contribution in [2.75, 3.05) is 20.3 Å². The highest BCUT2D eigenvalue weighted by atomic mass is 16.5. The lowest BCUT2D eigenvalue weighted by atomic mass is 10.0. The van der Waals surface area contributed by atoms with Crippen LogP contribution in [0.15, 0.2) is 78.9 Å². The van der Waals surface area contributed by atoms with Gasteiger partial charge in [0.25, 0.3) is 0 Å². The predicted octanol–water partition coefficient (Wildman–Crippen LogP) is 5.57. The SMILES string of the molecule is COc1ccc(OCCCC(=O)N(Cc2ccccc2C)[C@H](Cc2ccccc2)C(=O)NCC(C)C)cc1. The highest BCUT2D eigenvalue weighted by molar-refractivity contribution is 5.88. The maximum Gasteiger partial charge on any atom is 0.243 e. The van der Waals surface area contributed by atoms with Gasteiger partial charge >= 0.3 is 0 Å². The Bertz CT molecular complexity index is 1150. The molecule has 0 spiro atoms. The minimum atomic E-state index is -0.620. The molecule has 0 fully saturated rings. The van der Waals surface area contributed by atoms with Crippen molar-refractivity contribution in [3.63, 3.8) is 0 Å². The molecule has 38 heavy (non-hydrogen) atoms. The molecular formula is C32H40N2O4. The summed E-state index contributed by atoms with van der Waals surface area (Å²) in [5.74, 6) is 1.61. The van der Waals surface area contributed by atoms with Crippen molar-refractivity contribution in [2.24, 2.45) is 5.92 Å². The number of nitrogens with zero attached hydrogens (tertiary/aromatic N) is 1. The van der Waals surface area contributed by atoms with Gasteiger partial charge in [-0.3, -0.25) is 9.59 Å². The van der Waals surface area contributed by atoms with Gasteiger partial charge in [-0.2, -0.15) is 0 Å². The lowest BCUT2D eigenvalue weighted by Gasteiger charge is -2.32. The first kappa shape index (κ1) is 28.8. The number of hydrogen-bond donors (Lipinski definition) is 1. The molecule has 0 saturated carbocycles. The molecule has 3 aromatic carbocycles. The van der Waals surface area contributed by atoms with Gasteiger partial charge in [0.1, 0.15) is 17.5 Å². The van der Waals surface area contributed by atoms with E-state index in [0.29, 0.717) is 38.5 Å². The molecule has 0 unspecified atom stereocenters. The van der Waals surface area contributed by atoms with Crippen molar-refractivity contribution in [1.82, 2.24) is 10.2 Å². The minimum Gasteiger partial charge on any atom is -0.497 e. The molecule has 0 aromatic heterocycles. The predicted molar refractivity (Wildman–Crippen MR) is 151 cm³/mol. The van der Waals surface area contributed by atoms with Crippen LogP contribution < -0.4 is 14.8 Å². The molecule has 0 radical (unpaired) electrons. The van der Waals surface area contributed by atoms with Gasteiger partial charge in [0, 0.05) is 25.9 Å². The van der Waals surface area contributed by atoms with Gasteiger partial charge in [0.05, 0.1) is 13.7 Å². The third-order valence-corrected chi connectivity index (χ3v) is 6.42. The molecule has 202 valence electrons. The van der Waals surface area contributed by atoms with E-state index >= 15 is 0 Å². The number of rotatable bonds is 14. The Kier molecular flexibility index (Phi) is 11.2. The first-order valence-corrected chi connectivity index (χ1v) is 13.3. The van der Waals surface area contributed by atoms with E-state index in [-0.39, 0.29) is 18.2 Å². The van der Waals surface area contributed by atoms with E-state index < -0.39 is 6.04 Å². The maximum absolute atomic E-state index is 13.7. The zero-order chi connectivity index (χ0) is 27.3. The van der Waals surface area contributed by atoms with E-state index in [4.69, 9.17) is 9.47 Å². The Hall–Kier alpha value is -3.80. The van der Waals surface area contributed by atoms with Crippen LogP contribution in [0.2, 0.25) is 0 Å². The average Bonchev–Trinajstić information content (AvgIpc) is 2.93. The quantitative estimate of drug-likeness (QED) is 0.284. The lowest BCUT2D eigenvalue weighted by molar-refractivity contribution is -0.141. The van der Waals surface area contributed by atoms with E-state index in [1.807, 2.05) is 85.8 Å². The number of carbonyl (C=O) groups is 2. The Morgan fingerprint density at radius 3 is 2.21 bits per heavy atom. The Balaban J connectivity index is 1.77. The van der Waals surface area contributed by atoms with Crippen LogP contribution in [0.4, 0.5) is 0 Å². The second-order valence-corrected chi connectivity index (χ2v) is 9.92. The zero-order valence-corrected chi connectivity index (χ0v) is 23.0. The molecule has 0 aliphatic heterocycles. The van der Waals surface area contributed by atoms with E-state index in [2.05, 4.69) is 19.2 Å². The van der Waals surface area contributed by atoms with Crippen LogP contribution in [0, 0.1) is 12.8 Å². The van der Waals surface area contributed by atoms with Crippen molar-refractivity contribution >= 4 is 11.8 Å². The molecule has 3 aromatic rings. The Morgan fingerprint density at radius 1 is 0.895 bits per heavy atom. The standard InChI is InChI=1S/C32H40N2O4/c1-24(2)22-33-32(36)30(21-26-12-6-5-7-13-26)34(23-27-14-9-8-11-25(27)3)31(35)15-10-20-38-29-18-16-28(37-4)17-19-29/h5-9,11-14,16-19,24,30H,10,15,20-23H2,1-4H3,(H,33,36)/t30-/m1/s1. The minimum absolute atomic E-state index is 0.0628. The second-order valence-electron chi connectivity index (χ2n) is 9.92. The Labute approximate surface area is 227 Å². The largest absolute Gasteiger partial charge is 0.497 e. The number of methoxy groups -OCH3 is 1. The van der Waals surface area contributed by atoms with Crippen LogP contribution in [-0.4, -0.2) is 43.0 Å². The molecule has 0 heterocycles. The second kappa shape index (κ2) is 14.8. The molecule has 2 amide bonds. The first-order chi connectivity index (χ1) is 18.4. The fourth-order valence-electron chi connectivity index (χ4n) is 4.18. The molecule has 0 aliphatic carbocycles. The van der Waals surface area contributed by atoms with E-state index in [9.17, 15) is 9.59 Å². The number of carbonyl (C=O) groups excluding carboxylic acids is 2. The van der Waals surface area contributed by atoms with Crippen LogP contribution in [0.5, 0.6) is 11.5 Å². The highest BCUT2D eigenvalue weighted by Crippen LogP contribution is 2.20. The summed E-state index contributed by atoms with van der Waals surface area (Å²) in [6, 6.07) is 24.6. The number of nitrogens with one attached hydrogen (secondary N) is 1. The molecule has 0 bridgehead atoms. The van der Waals surface area contributed by atoms with Crippen molar-refractivity contribution in [3.05, 3.63) is 95.6 Å². The van der Waals surface area contributed by atoms with E-state index in [1.165, 1.54) is 0 Å². The van der Waals surface area contributed by atoms with Crippen LogP contribution in [-0.2, 0) is 22.6 Å². The summed E-state index contributed by atoms with van der Waals surface area (Å²) >= 11 is 0. The fraction of sp³-hybridized carbons (Fsp3) is 0.375. The monoisotopic (exact) mass is 516 g/mol. The third-order valence-electron chi connectivity index (χ3n) is 6.42. The molecule has 1 atom stereocenters. The van der Waals surface area contributed by atoms with Crippen LogP contribution in [0.1, 0.15) is 43.4 Å². The lowest BCUT2D eigenvalue weighted by Crippen LogP contribution is -2.51. The Morgan fingerprint density at radius 2 is 1.55 bits per heavy atom. The molecule has 6 nitrogen and oxygen atoms in total. The number of amides is 2. The molecule has 3 rings (SSSR count). The van der Waals surface area contributed by atoms with Crippen molar-refractivity contribution in [1.29, 1.82) is 0 Å². The summed E-state index contributed by atoms with van der Waals surface area (Å²) in [6.07, 6.45) is 1.27. The first-order valence-electron chi connectivity index (χ1n) is 13.3. The van der Waals surface area contributed by atoms with E-state index in [1.54, 1.807) is 12.0 Å². The summed E-state index contributed by atoms with van der Waals surface area (Å²) in [5, 5.41) is 3.07. The van der Waals surface area contributed by atoms with Gasteiger partial charge in [-0.25, -0.2) is 0 Å². The summed E-state index contributed by atoms with van der Waals surface area (Å²) < 4.78 is 11.0. The maximum atomic E-state index is 13.7. The molecule has 6 heteroatoms.